The van der Waals surface area contributed by atoms with E-state index in [0.717, 1.165) is 4.57 Å². The predicted molar refractivity (Wildman–Crippen MR) is 107 cm³/mol. The van der Waals surface area contributed by atoms with Gasteiger partial charge in [0.05, 0.1) is 4.90 Å². The van der Waals surface area contributed by atoms with Gasteiger partial charge >= 0.3 is 5.97 Å². The first kappa shape index (κ1) is 22.3. The highest BCUT2D eigenvalue weighted by molar-refractivity contribution is 7.89. The topological polar surface area (TPSA) is 124 Å². The second-order valence-corrected chi connectivity index (χ2v) is 8.30. The first-order valence-electron chi connectivity index (χ1n) is 8.86. The Bertz CT molecular complexity index is 1030. The molecular formula is C19H23N3O6S. The molecule has 156 valence electrons. The fraction of sp³-hybridized carbons (Fsp3) is 0.316. The summed E-state index contributed by atoms with van der Waals surface area (Å²) in [5, 5.41) is 2.54. The van der Waals surface area contributed by atoms with Crippen molar-refractivity contribution in [3.05, 3.63) is 59.0 Å². The van der Waals surface area contributed by atoms with Crippen LogP contribution in [0.2, 0.25) is 0 Å². The maximum atomic E-state index is 12.2. The van der Waals surface area contributed by atoms with Crippen molar-refractivity contribution in [3.8, 4) is 0 Å². The van der Waals surface area contributed by atoms with E-state index in [0.29, 0.717) is 5.69 Å². The van der Waals surface area contributed by atoms with E-state index in [4.69, 9.17) is 4.74 Å². The van der Waals surface area contributed by atoms with Crippen LogP contribution in [0.4, 0.5) is 5.69 Å². The average molecular weight is 421 g/mol. The number of sulfonamides is 1. The number of benzene rings is 1. The van der Waals surface area contributed by atoms with E-state index in [1.807, 2.05) is 0 Å². The van der Waals surface area contributed by atoms with Crippen LogP contribution in [0.5, 0.6) is 0 Å². The SMILES string of the molecule is CC(C)NS(=O)(=O)c1ccc(NC(=O)[C@H](C)OC(=O)Cn2ccccc2=O)cc1. The first-order valence-corrected chi connectivity index (χ1v) is 10.3. The average Bonchev–Trinajstić information content (AvgIpc) is 2.63. The maximum Gasteiger partial charge on any atom is 0.326 e. The number of pyridine rings is 1. The van der Waals surface area contributed by atoms with Gasteiger partial charge in [-0.25, -0.2) is 13.1 Å². The zero-order valence-electron chi connectivity index (χ0n) is 16.3. The van der Waals surface area contributed by atoms with Crippen LogP contribution in [0, 0.1) is 0 Å². The molecule has 0 saturated heterocycles. The molecule has 1 atom stereocenters. The quantitative estimate of drug-likeness (QED) is 0.616. The van der Waals surface area contributed by atoms with Gasteiger partial charge in [0.2, 0.25) is 10.0 Å². The van der Waals surface area contributed by atoms with Gasteiger partial charge in [-0.05, 0) is 51.1 Å². The van der Waals surface area contributed by atoms with Crippen LogP contribution < -0.4 is 15.6 Å². The summed E-state index contributed by atoms with van der Waals surface area (Å²) in [5.41, 5.74) is -0.00997. The third-order valence-corrected chi connectivity index (χ3v) is 5.37. The highest BCUT2D eigenvalue weighted by atomic mass is 32.2. The second-order valence-electron chi connectivity index (χ2n) is 6.59. The number of hydrogen-bond donors (Lipinski definition) is 2. The van der Waals surface area contributed by atoms with Gasteiger partial charge in [0.25, 0.3) is 11.5 Å². The number of carbonyl (C=O) groups excluding carboxylic acids is 2. The molecule has 0 aliphatic heterocycles. The molecule has 1 aromatic heterocycles. The minimum absolute atomic E-state index is 0.0666. The lowest BCUT2D eigenvalue weighted by atomic mass is 10.3. The smallest absolute Gasteiger partial charge is 0.326 e. The van der Waals surface area contributed by atoms with Crippen molar-refractivity contribution >= 4 is 27.6 Å². The summed E-state index contributed by atoms with van der Waals surface area (Å²) in [4.78, 5) is 35.8. The number of carbonyl (C=O) groups is 2. The highest BCUT2D eigenvalue weighted by Crippen LogP contribution is 2.15. The van der Waals surface area contributed by atoms with Gasteiger partial charge in [0.15, 0.2) is 6.10 Å². The van der Waals surface area contributed by atoms with E-state index >= 15 is 0 Å². The van der Waals surface area contributed by atoms with Crippen LogP contribution in [0.3, 0.4) is 0 Å². The second kappa shape index (κ2) is 9.48. The number of esters is 1. The first-order chi connectivity index (χ1) is 13.6. The van der Waals surface area contributed by atoms with Gasteiger partial charge < -0.3 is 14.6 Å². The van der Waals surface area contributed by atoms with Gasteiger partial charge in [0, 0.05) is 24.0 Å². The number of nitrogens with zero attached hydrogens (tertiary/aromatic N) is 1. The van der Waals surface area contributed by atoms with Gasteiger partial charge in [-0.3, -0.25) is 14.4 Å². The van der Waals surface area contributed by atoms with Crippen LogP contribution in [0.15, 0.2) is 58.4 Å². The summed E-state index contributed by atoms with van der Waals surface area (Å²) in [7, 11) is -3.63. The molecule has 0 saturated carbocycles. The van der Waals surface area contributed by atoms with E-state index < -0.39 is 28.0 Å². The minimum atomic E-state index is -3.63. The molecule has 1 amide bonds. The lowest BCUT2D eigenvalue weighted by molar-refractivity contribution is -0.153. The third kappa shape index (κ3) is 6.54. The normalized spacial score (nSPS) is 12.4. The Kier molecular flexibility index (Phi) is 7.29. The number of amides is 1. The van der Waals surface area contributed by atoms with Crippen molar-refractivity contribution in [1.29, 1.82) is 0 Å². The number of nitrogens with one attached hydrogen (secondary N) is 2. The van der Waals surface area contributed by atoms with Crippen LogP contribution in [-0.2, 0) is 30.9 Å². The molecule has 1 heterocycles. The summed E-state index contributed by atoms with van der Waals surface area (Å²) in [6, 6.07) is 9.81. The Morgan fingerprint density at radius 3 is 2.31 bits per heavy atom. The molecule has 1 aromatic carbocycles. The van der Waals surface area contributed by atoms with Crippen LogP contribution in [0.25, 0.3) is 0 Å². The monoisotopic (exact) mass is 421 g/mol. The molecule has 0 unspecified atom stereocenters. The molecule has 2 aromatic rings. The number of hydrogen-bond acceptors (Lipinski definition) is 6. The van der Waals surface area contributed by atoms with Crippen molar-refractivity contribution < 1.29 is 22.7 Å². The Hall–Kier alpha value is -2.98. The fourth-order valence-corrected chi connectivity index (χ4v) is 3.61. The number of anilines is 1. The molecule has 0 aliphatic rings. The third-order valence-electron chi connectivity index (χ3n) is 3.70. The molecule has 0 spiro atoms. The molecule has 9 nitrogen and oxygen atoms in total. The van der Waals surface area contributed by atoms with E-state index in [9.17, 15) is 22.8 Å². The minimum Gasteiger partial charge on any atom is -0.451 e. The van der Waals surface area contributed by atoms with E-state index in [1.165, 1.54) is 43.5 Å². The molecule has 0 aliphatic carbocycles. The summed E-state index contributed by atoms with van der Waals surface area (Å²) >= 11 is 0. The Labute approximate surface area is 168 Å². The molecule has 0 radical (unpaired) electrons. The Morgan fingerprint density at radius 2 is 1.72 bits per heavy atom. The Morgan fingerprint density at radius 1 is 1.07 bits per heavy atom. The standard InChI is InChI=1S/C19H23N3O6S/c1-13(2)21-29(26,27)16-9-7-15(8-10-16)20-19(25)14(3)28-18(24)12-22-11-5-4-6-17(22)23/h4-11,13-14,21H,12H2,1-3H3,(H,20,25)/t14-/m0/s1. The molecule has 2 rings (SSSR count). The van der Waals surface area contributed by atoms with Crippen molar-refractivity contribution in [2.45, 2.75) is 44.4 Å². The van der Waals surface area contributed by atoms with Crippen LogP contribution in [-0.4, -0.2) is 37.0 Å². The lowest BCUT2D eigenvalue weighted by Crippen LogP contribution is -2.32. The van der Waals surface area contributed by atoms with E-state index in [1.54, 1.807) is 26.0 Å². The Balaban J connectivity index is 1.94. The number of rotatable bonds is 8. The maximum absolute atomic E-state index is 12.2. The van der Waals surface area contributed by atoms with Gasteiger partial charge in [-0.2, -0.15) is 0 Å². The largest absolute Gasteiger partial charge is 0.451 e. The van der Waals surface area contributed by atoms with E-state index in [2.05, 4.69) is 10.0 Å². The molecule has 10 heteroatoms. The van der Waals surface area contributed by atoms with Gasteiger partial charge in [-0.1, -0.05) is 6.07 Å². The van der Waals surface area contributed by atoms with E-state index in [-0.39, 0.29) is 23.0 Å². The number of ether oxygens (including phenoxy) is 1. The molecule has 29 heavy (non-hydrogen) atoms. The van der Waals surface area contributed by atoms with Gasteiger partial charge in [0.1, 0.15) is 6.54 Å². The van der Waals surface area contributed by atoms with Crippen molar-refractivity contribution in [1.82, 2.24) is 9.29 Å². The van der Waals surface area contributed by atoms with Crippen molar-refractivity contribution in [2.24, 2.45) is 0 Å². The lowest BCUT2D eigenvalue weighted by Gasteiger charge is -2.14. The molecule has 0 fully saturated rings. The zero-order valence-corrected chi connectivity index (χ0v) is 17.1. The van der Waals surface area contributed by atoms with Crippen LogP contribution >= 0.6 is 0 Å². The van der Waals surface area contributed by atoms with Crippen LogP contribution in [0.1, 0.15) is 20.8 Å². The van der Waals surface area contributed by atoms with Crippen molar-refractivity contribution in [3.63, 3.8) is 0 Å². The predicted octanol–water partition coefficient (Wildman–Crippen LogP) is 1.11. The molecule has 2 N–H and O–H groups in total. The summed E-state index contributed by atoms with van der Waals surface area (Å²) in [5.74, 6) is -1.32. The molecule has 0 bridgehead atoms. The summed E-state index contributed by atoms with van der Waals surface area (Å²) < 4.78 is 32.9. The van der Waals surface area contributed by atoms with Gasteiger partial charge in [-0.15, -0.1) is 0 Å². The number of aromatic nitrogens is 1. The molecular weight excluding hydrogens is 398 g/mol. The highest BCUT2D eigenvalue weighted by Gasteiger charge is 2.19. The summed E-state index contributed by atoms with van der Waals surface area (Å²) in [6.07, 6.45) is 0.339. The fourth-order valence-electron chi connectivity index (χ4n) is 2.36. The van der Waals surface area contributed by atoms with Crippen molar-refractivity contribution in [2.75, 3.05) is 5.32 Å². The zero-order chi connectivity index (χ0) is 21.6. The summed E-state index contributed by atoms with van der Waals surface area (Å²) in [6.45, 7) is 4.51.